The summed E-state index contributed by atoms with van der Waals surface area (Å²) >= 11 is 3.33. The second-order valence-corrected chi connectivity index (χ2v) is 5.36. The minimum Gasteiger partial charge on any atom is -0.372 e. The third-order valence-electron chi connectivity index (χ3n) is 3.12. The van der Waals surface area contributed by atoms with Crippen LogP contribution in [0.2, 0.25) is 0 Å². The average molecular weight is 349 g/mol. The molecule has 0 spiro atoms. The lowest BCUT2D eigenvalue weighted by molar-refractivity contribution is 0.0951. The Morgan fingerprint density at radius 1 is 1.38 bits per heavy atom. The third-order valence-corrected chi connectivity index (χ3v) is 3.55. The lowest BCUT2D eigenvalue weighted by Crippen LogP contribution is -2.25. The smallest absolute Gasteiger partial charge is 0.255 e. The predicted molar refractivity (Wildman–Crippen MR) is 86.3 cm³/mol. The maximum atomic E-state index is 12.3. The molecular formula is C15H17BrN4O. The molecule has 0 saturated heterocycles. The van der Waals surface area contributed by atoms with E-state index in [1.165, 1.54) is 0 Å². The number of anilines is 1. The van der Waals surface area contributed by atoms with E-state index < -0.39 is 0 Å². The first-order valence-corrected chi connectivity index (χ1v) is 7.49. The van der Waals surface area contributed by atoms with Gasteiger partial charge in [0.05, 0.1) is 17.8 Å². The number of aromatic nitrogens is 2. The summed E-state index contributed by atoms with van der Waals surface area (Å²) in [7, 11) is 1.74. The minimum absolute atomic E-state index is 0.180. The average Bonchev–Trinajstić information content (AvgIpc) is 2.52. The first-order valence-electron chi connectivity index (χ1n) is 6.70. The van der Waals surface area contributed by atoms with Gasteiger partial charge < -0.3 is 10.6 Å². The van der Waals surface area contributed by atoms with Crippen molar-refractivity contribution in [3.05, 3.63) is 51.9 Å². The van der Waals surface area contributed by atoms with Crippen molar-refractivity contribution in [3.8, 4) is 0 Å². The molecule has 0 saturated carbocycles. The molecule has 0 unspecified atom stereocenters. The molecule has 0 aliphatic carbocycles. The summed E-state index contributed by atoms with van der Waals surface area (Å²) < 4.78 is 0.763. The highest BCUT2D eigenvalue weighted by atomic mass is 79.9. The molecule has 6 heteroatoms. The highest BCUT2D eigenvalue weighted by molar-refractivity contribution is 9.10. The Balaban J connectivity index is 2.13. The molecule has 21 heavy (non-hydrogen) atoms. The fourth-order valence-electron chi connectivity index (χ4n) is 2.02. The van der Waals surface area contributed by atoms with Gasteiger partial charge >= 0.3 is 0 Å². The monoisotopic (exact) mass is 348 g/mol. The van der Waals surface area contributed by atoms with Crippen molar-refractivity contribution >= 4 is 27.7 Å². The predicted octanol–water partition coefficient (Wildman–Crippen LogP) is 2.77. The van der Waals surface area contributed by atoms with E-state index >= 15 is 0 Å². The second-order valence-electron chi connectivity index (χ2n) is 4.45. The summed E-state index contributed by atoms with van der Waals surface area (Å²) in [5, 5.41) is 5.81. The number of carbonyl (C=O) groups excluding carboxylic acids is 1. The van der Waals surface area contributed by atoms with Crippen LogP contribution in [-0.2, 0) is 13.0 Å². The lowest BCUT2D eigenvalue weighted by atomic mass is 10.1. The van der Waals surface area contributed by atoms with Crippen molar-refractivity contribution in [1.82, 2.24) is 15.3 Å². The highest BCUT2D eigenvalue weighted by Gasteiger charge is 2.13. The van der Waals surface area contributed by atoms with Gasteiger partial charge in [0.1, 0.15) is 5.82 Å². The fraction of sp³-hybridized carbons (Fsp3) is 0.267. The van der Waals surface area contributed by atoms with Crippen LogP contribution in [0.5, 0.6) is 0 Å². The number of amides is 1. The van der Waals surface area contributed by atoms with Gasteiger partial charge in [0.15, 0.2) is 0 Å². The number of hydrogen-bond donors (Lipinski definition) is 2. The second kappa shape index (κ2) is 7.17. The molecule has 110 valence electrons. The van der Waals surface area contributed by atoms with E-state index in [9.17, 15) is 4.79 Å². The molecule has 0 aliphatic rings. The van der Waals surface area contributed by atoms with Crippen LogP contribution in [0.15, 0.2) is 35.1 Å². The first-order chi connectivity index (χ1) is 10.2. The normalized spacial score (nSPS) is 10.2. The van der Waals surface area contributed by atoms with E-state index in [2.05, 4.69) is 43.5 Å². The summed E-state index contributed by atoms with van der Waals surface area (Å²) in [5.41, 5.74) is 2.53. The van der Waals surface area contributed by atoms with Gasteiger partial charge in [-0.1, -0.05) is 13.0 Å². The number of aryl methyl sites for hydroxylation is 1. The largest absolute Gasteiger partial charge is 0.372 e. The summed E-state index contributed by atoms with van der Waals surface area (Å²) in [6, 6.07) is 5.67. The number of halogens is 1. The van der Waals surface area contributed by atoms with Crippen molar-refractivity contribution < 1.29 is 4.79 Å². The Bertz CT molecular complexity index is 645. The Hall–Kier alpha value is -1.95. The molecule has 2 rings (SSSR count). The summed E-state index contributed by atoms with van der Waals surface area (Å²) in [4.78, 5) is 20.8. The Kier molecular flexibility index (Phi) is 5.27. The molecule has 2 aromatic rings. The van der Waals surface area contributed by atoms with E-state index in [1.807, 2.05) is 12.1 Å². The number of nitrogens with one attached hydrogen (secondary N) is 2. The number of pyridine rings is 2. The molecule has 5 nitrogen and oxygen atoms in total. The molecule has 2 aromatic heterocycles. The van der Waals surface area contributed by atoms with Gasteiger partial charge in [0.2, 0.25) is 0 Å². The van der Waals surface area contributed by atoms with Gasteiger partial charge in [-0.2, -0.15) is 0 Å². The lowest BCUT2D eigenvalue weighted by Gasteiger charge is -2.11. The molecular weight excluding hydrogens is 332 g/mol. The number of hydrogen-bond acceptors (Lipinski definition) is 4. The summed E-state index contributed by atoms with van der Waals surface area (Å²) in [6.45, 7) is 2.47. The fourth-order valence-corrected chi connectivity index (χ4v) is 2.35. The zero-order valence-electron chi connectivity index (χ0n) is 12.0. The van der Waals surface area contributed by atoms with Crippen LogP contribution in [0.4, 0.5) is 5.82 Å². The van der Waals surface area contributed by atoms with Crippen LogP contribution in [0.25, 0.3) is 0 Å². The van der Waals surface area contributed by atoms with Crippen molar-refractivity contribution in [2.24, 2.45) is 0 Å². The molecule has 0 atom stereocenters. The molecule has 0 aliphatic heterocycles. The van der Waals surface area contributed by atoms with Crippen LogP contribution >= 0.6 is 15.9 Å². The molecule has 0 bridgehead atoms. The van der Waals surface area contributed by atoms with Crippen molar-refractivity contribution in [2.45, 2.75) is 19.9 Å². The van der Waals surface area contributed by atoms with Crippen molar-refractivity contribution in [1.29, 1.82) is 0 Å². The maximum absolute atomic E-state index is 12.3. The number of nitrogens with zero attached hydrogens (tertiary/aromatic N) is 2. The molecule has 0 radical (unpaired) electrons. The van der Waals surface area contributed by atoms with E-state index in [-0.39, 0.29) is 5.91 Å². The van der Waals surface area contributed by atoms with Crippen LogP contribution < -0.4 is 10.6 Å². The van der Waals surface area contributed by atoms with Crippen LogP contribution in [0.1, 0.15) is 28.5 Å². The quantitative estimate of drug-likeness (QED) is 0.871. The molecule has 0 aromatic carbocycles. The maximum Gasteiger partial charge on any atom is 0.255 e. The standard InChI is InChI=1S/C15H17BrN4O/c1-3-10-5-4-6-18-13(10)9-20-15(21)12-7-11(16)8-19-14(12)17-2/h4-8H,3,9H2,1-2H3,(H,17,19)(H,20,21). The van der Waals surface area contributed by atoms with E-state index in [1.54, 1.807) is 25.5 Å². The SMILES string of the molecule is CCc1cccnc1CNC(=O)c1cc(Br)cnc1NC. The number of carbonyl (C=O) groups is 1. The van der Waals surface area contributed by atoms with Gasteiger partial charge in [-0.3, -0.25) is 9.78 Å². The van der Waals surface area contributed by atoms with E-state index in [4.69, 9.17) is 0 Å². The van der Waals surface area contributed by atoms with E-state index in [0.717, 1.165) is 22.2 Å². The summed E-state index contributed by atoms with van der Waals surface area (Å²) in [6.07, 6.45) is 4.27. The van der Waals surface area contributed by atoms with Crippen LogP contribution in [-0.4, -0.2) is 22.9 Å². The molecule has 2 heterocycles. The van der Waals surface area contributed by atoms with Gasteiger partial charge in [-0.05, 0) is 40.0 Å². The Morgan fingerprint density at radius 3 is 2.90 bits per heavy atom. The van der Waals surface area contributed by atoms with Crippen LogP contribution in [0.3, 0.4) is 0 Å². The minimum atomic E-state index is -0.180. The first kappa shape index (κ1) is 15.4. The Labute approximate surface area is 132 Å². The van der Waals surface area contributed by atoms with Crippen LogP contribution in [0, 0.1) is 0 Å². The van der Waals surface area contributed by atoms with Crippen molar-refractivity contribution in [3.63, 3.8) is 0 Å². The Morgan fingerprint density at radius 2 is 2.19 bits per heavy atom. The third kappa shape index (κ3) is 3.78. The molecule has 1 amide bonds. The summed E-state index contributed by atoms with van der Waals surface area (Å²) in [5.74, 6) is 0.369. The van der Waals surface area contributed by atoms with Gasteiger partial charge in [-0.15, -0.1) is 0 Å². The van der Waals surface area contributed by atoms with Gasteiger partial charge in [0, 0.05) is 23.9 Å². The topological polar surface area (TPSA) is 66.9 Å². The highest BCUT2D eigenvalue weighted by Crippen LogP contribution is 2.17. The van der Waals surface area contributed by atoms with Crippen molar-refractivity contribution in [2.75, 3.05) is 12.4 Å². The zero-order chi connectivity index (χ0) is 15.2. The van der Waals surface area contributed by atoms with Gasteiger partial charge in [-0.25, -0.2) is 4.98 Å². The number of rotatable bonds is 5. The zero-order valence-corrected chi connectivity index (χ0v) is 13.6. The molecule has 0 fully saturated rings. The van der Waals surface area contributed by atoms with Gasteiger partial charge in [0.25, 0.3) is 5.91 Å². The van der Waals surface area contributed by atoms with E-state index in [0.29, 0.717) is 17.9 Å². The molecule has 2 N–H and O–H groups in total.